The molecule has 0 saturated heterocycles. The van der Waals surface area contributed by atoms with E-state index in [4.69, 9.17) is 10.5 Å². The third-order valence-corrected chi connectivity index (χ3v) is 4.65. The highest BCUT2D eigenvalue weighted by atomic mass is 16.5. The molecule has 3 aromatic rings. The Bertz CT molecular complexity index is 1020. The molecule has 2 aromatic carbocycles. The van der Waals surface area contributed by atoms with Crippen LogP contribution in [0.25, 0.3) is 0 Å². The van der Waals surface area contributed by atoms with Crippen molar-refractivity contribution in [2.45, 2.75) is 6.42 Å². The number of nitrogens with one attached hydrogen (secondary N) is 2. The molecule has 0 fully saturated rings. The molecule has 4 N–H and O–H groups in total. The molecule has 1 aromatic heterocycles. The highest BCUT2D eigenvalue weighted by Gasteiger charge is 2.24. The van der Waals surface area contributed by atoms with Gasteiger partial charge in [0.25, 0.3) is 5.91 Å². The van der Waals surface area contributed by atoms with E-state index in [0.717, 1.165) is 18.7 Å². The van der Waals surface area contributed by atoms with Crippen molar-refractivity contribution in [3.63, 3.8) is 0 Å². The molecule has 2 heterocycles. The summed E-state index contributed by atoms with van der Waals surface area (Å²) in [5.41, 5.74) is 14.8. The number of anilines is 4. The second-order valence-electron chi connectivity index (χ2n) is 6.27. The lowest BCUT2D eigenvalue weighted by atomic mass is 10.2. The van der Waals surface area contributed by atoms with Gasteiger partial charge >= 0.3 is 0 Å². The fraction of sp³-hybridized carbons (Fsp3) is 0.150. The predicted octanol–water partition coefficient (Wildman–Crippen LogP) is 2.52. The van der Waals surface area contributed by atoms with Crippen LogP contribution in [-0.2, 0) is 6.42 Å². The van der Waals surface area contributed by atoms with Crippen LogP contribution in [0.15, 0.2) is 54.9 Å². The Hall–Kier alpha value is -3.81. The van der Waals surface area contributed by atoms with Crippen LogP contribution in [0.1, 0.15) is 15.9 Å². The van der Waals surface area contributed by atoms with Crippen LogP contribution in [0, 0.1) is 0 Å². The lowest BCUT2D eigenvalue weighted by molar-refractivity contribution is 0.0959. The molecule has 0 spiro atoms. The fourth-order valence-corrected chi connectivity index (χ4v) is 3.27. The molecule has 1 amide bonds. The molecular formula is C20H20N6O2. The quantitative estimate of drug-likeness (QED) is 0.588. The lowest BCUT2D eigenvalue weighted by Crippen LogP contribution is -2.31. The Balaban J connectivity index is 1.54. The number of amides is 1. The molecule has 28 heavy (non-hydrogen) atoms. The van der Waals surface area contributed by atoms with Gasteiger partial charge in [0.2, 0.25) is 0 Å². The van der Waals surface area contributed by atoms with Crippen molar-refractivity contribution in [2.24, 2.45) is 0 Å². The zero-order chi connectivity index (χ0) is 19.5. The number of carbonyl (C=O) groups is 1. The van der Waals surface area contributed by atoms with Gasteiger partial charge in [0, 0.05) is 12.2 Å². The van der Waals surface area contributed by atoms with E-state index in [1.807, 2.05) is 18.2 Å². The third-order valence-electron chi connectivity index (χ3n) is 4.65. The van der Waals surface area contributed by atoms with E-state index in [-0.39, 0.29) is 5.91 Å². The number of aromatic nitrogens is 2. The van der Waals surface area contributed by atoms with Crippen LogP contribution < -0.4 is 26.2 Å². The van der Waals surface area contributed by atoms with Gasteiger partial charge in [-0.1, -0.05) is 30.3 Å². The number of nitrogen functional groups attached to an aromatic ring is 1. The minimum absolute atomic E-state index is 0.331. The Labute approximate surface area is 162 Å². The number of nitrogens with zero attached hydrogens (tertiary/aromatic N) is 3. The van der Waals surface area contributed by atoms with E-state index in [0.29, 0.717) is 28.6 Å². The molecule has 4 rings (SSSR count). The molecule has 0 saturated carbocycles. The minimum Gasteiger partial charge on any atom is -0.496 e. The van der Waals surface area contributed by atoms with Gasteiger partial charge in [0.15, 0.2) is 11.6 Å². The molecule has 142 valence electrons. The van der Waals surface area contributed by atoms with Crippen molar-refractivity contribution < 1.29 is 9.53 Å². The van der Waals surface area contributed by atoms with E-state index in [1.54, 1.807) is 24.3 Å². The number of ether oxygens (including phenoxy) is 1. The first-order valence-corrected chi connectivity index (χ1v) is 8.84. The number of methoxy groups -OCH3 is 1. The summed E-state index contributed by atoms with van der Waals surface area (Å²) in [5.74, 6) is 1.06. The summed E-state index contributed by atoms with van der Waals surface area (Å²) in [6, 6.07) is 15.1. The molecule has 1 aliphatic rings. The van der Waals surface area contributed by atoms with E-state index < -0.39 is 0 Å². The summed E-state index contributed by atoms with van der Waals surface area (Å²) in [6.45, 7) is 0.785. The normalized spacial score (nSPS) is 12.4. The van der Waals surface area contributed by atoms with E-state index in [9.17, 15) is 4.79 Å². The van der Waals surface area contributed by atoms with E-state index >= 15 is 0 Å². The van der Waals surface area contributed by atoms with Gasteiger partial charge in [-0.15, -0.1) is 0 Å². The van der Waals surface area contributed by atoms with Crippen molar-refractivity contribution in [2.75, 3.05) is 29.7 Å². The summed E-state index contributed by atoms with van der Waals surface area (Å²) in [6.07, 6.45) is 2.34. The van der Waals surface area contributed by atoms with Crippen LogP contribution in [0.2, 0.25) is 0 Å². The van der Waals surface area contributed by atoms with Gasteiger partial charge in [-0.2, -0.15) is 0 Å². The van der Waals surface area contributed by atoms with Crippen molar-refractivity contribution in [1.29, 1.82) is 0 Å². The van der Waals surface area contributed by atoms with Gasteiger partial charge < -0.3 is 15.4 Å². The van der Waals surface area contributed by atoms with Crippen molar-refractivity contribution in [3.05, 3.63) is 66.0 Å². The summed E-state index contributed by atoms with van der Waals surface area (Å²) in [4.78, 5) is 23.0. The number of para-hydroxylation sites is 2. The summed E-state index contributed by atoms with van der Waals surface area (Å²) in [5, 5.41) is 0. The Kier molecular flexibility index (Phi) is 4.67. The van der Waals surface area contributed by atoms with Gasteiger partial charge in [-0.3, -0.25) is 15.6 Å². The van der Waals surface area contributed by atoms with E-state index in [1.165, 1.54) is 19.0 Å². The molecule has 8 heteroatoms. The van der Waals surface area contributed by atoms with Crippen molar-refractivity contribution in [3.8, 4) is 5.75 Å². The third kappa shape index (κ3) is 3.16. The Morgan fingerprint density at radius 3 is 2.79 bits per heavy atom. The average Bonchev–Trinajstić information content (AvgIpc) is 3.16. The Morgan fingerprint density at radius 1 is 1.14 bits per heavy atom. The van der Waals surface area contributed by atoms with Crippen molar-refractivity contribution >= 4 is 28.9 Å². The number of carbonyl (C=O) groups excluding carboxylic acids is 1. The number of fused-ring (bicyclic) bond motifs is 1. The maximum Gasteiger partial charge on any atom is 0.273 e. The molecule has 0 bridgehead atoms. The number of benzene rings is 2. The monoisotopic (exact) mass is 376 g/mol. The highest BCUT2D eigenvalue weighted by molar-refractivity contribution is 5.97. The second kappa shape index (κ2) is 7.43. The van der Waals surface area contributed by atoms with Crippen LogP contribution in [-0.4, -0.2) is 29.5 Å². The smallest absolute Gasteiger partial charge is 0.273 e. The SMILES string of the molecule is COc1ccccc1C(=O)NNc1ncnc(N2CCc3ccccc32)c1N. The lowest BCUT2D eigenvalue weighted by Gasteiger charge is -2.21. The van der Waals surface area contributed by atoms with Crippen LogP contribution in [0.3, 0.4) is 0 Å². The summed E-state index contributed by atoms with van der Waals surface area (Å²) in [7, 11) is 1.52. The maximum absolute atomic E-state index is 12.5. The number of nitrogens with two attached hydrogens (primary N) is 1. The predicted molar refractivity (Wildman–Crippen MR) is 108 cm³/mol. The van der Waals surface area contributed by atoms with Gasteiger partial charge in [0.05, 0.1) is 12.7 Å². The van der Waals surface area contributed by atoms with E-state index in [2.05, 4.69) is 31.8 Å². The molecule has 8 nitrogen and oxygen atoms in total. The molecule has 0 aliphatic carbocycles. The number of hydrazine groups is 1. The first-order valence-electron chi connectivity index (χ1n) is 8.84. The molecular weight excluding hydrogens is 356 g/mol. The Morgan fingerprint density at radius 2 is 1.93 bits per heavy atom. The summed E-state index contributed by atoms with van der Waals surface area (Å²) < 4.78 is 5.22. The maximum atomic E-state index is 12.5. The topological polar surface area (TPSA) is 105 Å². The van der Waals surface area contributed by atoms with Gasteiger partial charge in [0.1, 0.15) is 17.8 Å². The number of rotatable bonds is 5. The summed E-state index contributed by atoms with van der Waals surface area (Å²) >= 11 is 0. The second-order valence-corrected chi connectivity index (χ2v) is 6.27. The van der Waals surface area contributed by atoms with Gasteiger partial charge in [-0.25, -0.2) is 9.97 Å². The van der Waals surface area contributed by atoms with Crippen LogP contribution in [0.4, 0.5) is 23.0 Å². The number of hydrogen-bond donors (Lipinski definition) is 3. The zero-order valence-electron chi connectivity index (χ0n) is 15.3. The van der Waals surface area contributed by atoms with Crippen LogP contribution in [0.5, 0.6) is 5.75 Å². The standard InChI is InChI=1S/C20H20N6O2/c1-28-16-9-5-3-7-14(16)20(27)25-24-18-17(21)19(23-12-22-18)26-11-10-13-6-2-4-8-15(13)26/h2-9,12H,10-11,21H2,1H3,(H,25,27)(H,22,23,24). The molecule has 0 atom stereocenters. The van der Waals surface area contributed by atoms with Gasteiger partial charge in [-0.05, 0) is 30.2 Å². The first kappa shape index (κ1) is 17.6. The average molecular weight is 376 g/mol. The largest absolute Gasteiger partial charge is 0.496 e. The number of hydrogen-bond acceptors (Lipinski definition) is 7. The van der Waals surface area contributed by atoms with Crippen LogP contribution >= 0.6 is 0 Å². The first-order chi connectivity index (χ1) is 13.7. The molecule has 0 radical (unpaired) electrons. The fourth-order valence-electron chi connectivity index (χ4n) is 3.27. The minimum atomic E-state index is -0.358. The zero-order valence-corrected chi connectivity index (χ0v) is 15.3. The van der Waals surface area contributed by atoms with Crippen molar-refractivity contribution in [1.82, 2.24) is 15.4 Å². The molecule has 0 unspecified atom stereocenters. The highest BCUT2D eigenvalue weighted by Crippen LogP contribution is 2.37. The molecule has 1 aliphatic heterocycles.